The monoisotopic (exact) mass is 265 g/mol. The zero-order valence-electron chi connectivity index (χ0n) is 9.68. The highest BCUT2D eigenvalue weighted by atomic mass is 19.1. The van der Waals surface area contributed by atoms with Gasteiger partial charge < -0.3 is 14.6 Å². The molecule has 7 heteroatoms. The van der Waals surface area contributed by atoms with Crippen molar-refractivity contribution in [3.05, 3.63) is 41.0 Å². The van der Waals surface area contributed by atoms with Crippen LogP contribution in [-0.4, -0.2) is 27.1 Å². The molecule has 0 bridgehead atoms. The van der Waals surface area contributed by atoms with Gasteiger partial charge in [0.05, 0.1) is 5.56 Å². The minimum absolute atomic E-state index is 0.0880. The van der Waals surface area contributed by atoms with Crippen LogP contribution >= 0.6 is 0 Å². The molecule has 1 aromatic carbocycles. The van der Waals surface area contributed by atoms with Crippen LogP contribution in [0.1, 0.15) is 26.6 Å². The fourth-order valence-corrected chi connectivity index (χ4v) is 1.54. The zero-order chi connectivity index (χ0) is 14.2. The fourth-order valence-electron chi connectivity index (χ4n) is 1.54. The molecule has 6 nitrogen and oxygen atoms in total. The molecule has 0 aliphatic rings. The number of carboxylic acids is 2. The lowest BCUT2D eigenvalue weighted by Crippen LogP contribution is -2.05. The maximum atomic E-state index is 13.8. The van der Waals surface area contributed by atoms with Gasteiger partial charge in [0.2, 0.25) is 17.3 Å². The van der Waals surface area contributed by atoms with E-state index in [1.165, 1.54) is 25.1 Å². The molecule has 0 saturated carbocycles. The van der Waals surface area contributed by atoms with E-state index in [1.807, 2.05) is 0 Å². The Kier molecular flexibility index (Phi) is 3.04. The number of halogens is 1. The molecule has 0 spiro atoms. The minimum Gasteiger partial charge on any atom is -0.476 e. The number of oxazole rings is 1. The van der Waals surface area contributed by atoms with E-state index < -0.39 is 29.2 Å². The summed E-state index contributed by atoms with van der Waals surface area (Å²) < 4.78 is 18.7. The van der Waals surface area contributed by atoms with Gasteiger partial charge in [-0.2, -0.15) is 0 Å². The second-order valence-corrected chi connectivity index (χ2v) is 3.74. The first-order chi connectivity index (χ1) is 8.91. The molecule has 0 unspecified atom stereocenters. The highest BCUT2D eigenvalue weighted by Gasteiger charge is 2.26. The Morgan fingerprint density at radius 2 is 1.95 bits per heavy atom. The van der Waals surface area contributed by atoms with Crippen LogP contribution in [0.2, 0.25) is 0 Å². The van der Waals surface area contributed by atoms with Crippen LogP contribution in [0.5, 0.6) is 0 Å². The fraction of sp³-hybridized carbons (Fsp3) is 0.0833. The number of nitrogens with zero attached hydrogens (tertiary/aromatic N) is 1. The van der Waals surface area contributed by atoms with E-state index in [2.05, 4.69) is 4.98 Å². The third-order valence-electron chi connectivity index (χ3n) is 2.45. The largest absolute Gasteiger partial charge is 0.476 e. The third-order valence-corrected chi connectivity index (χ3v) is 2.45. The predicted octanol–water partition coefficient (Wildman–Crippen LogP) is 2.19. The number of benzene rings is 1. The van der Waals surface area contributed by atoms with Gasteiger partial charge in [0.1, 0.15) is 5.82 Å². The summed E-state index contributed by atoms with van der Waals surface area (Å²) in [4.78, 5) is 25.2. The summed E-state index contributed by atoms with van der Waals surface area (Å²) in [5.41, 5.74) is -0.539. The van der Waals surface area contributed by atoms with Gasteiger partial charge in [0, 0.05) is 0 Å². The van der Waals surface area contributed by atoms with Crippen LogP contribution < -0.4 is 0 Å². The third kappa shape index (κ3) is 2.17. The summed E-state index contributed by atoms with van der Waals surface area (Å²) in [6.07, 6.45) is 0. The summed E-state index contributed by atoms with van der Waals surface area (Å²) in [5.74, 6) is -4.98. The van der Waals surface area contributed by atoms with Crippen LogP contribution in [0.3, 0.4) is 0 Å². The average molecular weight is 265 g/mol. The molecule has 0 saturated heterocycles. The quantitative estimate of drug-likeness (QED) is 0.882. The topological polar surface area (TPSA) is 101 Å². The Morgan fingerprint density at radius 1 is 1.26 bits per heavy atom. The minimum atomic E-state index is -1.58. The van der Waals surface area contributed by atoms with Crippen LogP contribution in [0, 0.1) is 12.7 Å². The van der Waals surface area contributed by atoms with Crippen LogP contribution in [-0.2, 0) is 0 Å². The Labute approximate surface area is 106 Å². The number of carboxylic acid groups (broad SMARTS) is 2. The molecular formula is C12H8FNO5. The van der Waals surface area contributed by atoms with Crippen molar-refractivity contribution in [2.24, 2.45) is 0 Å². The number of aromatic nitrogens is 1. The smallest absolute Gasteiger partial charge is 0.374 e. The molecule has 0 radical (unpaired) electrons. The van der Waals surface area contributed by atoms with Crippen molar-refractivity contribution >= 4 is 11.9 Å². The number of aryl methyl sites for hydroxylation is 1. The predicted molar refractivity (Wildman–Crippen MR) is 60.6 cm³/mol. The van der Waals surface area contributed by atoms with Crippen molar-refractivity contribution in [2.45, 2.75) is 6.92 Å². The SMILES string of the molecule is Cc1cccc(-c2nc(C(=O)O)c(C(=O)O)o2)c1F. The maximum absolute atomic E-state index is 13.8. The number of hydrogen-bond donors (Lipinski definition) is 2. The Hall–Kier alpha value is -2.70. The van der Waals surface area contributed by atoms with Gasteiger partial charge in [-0.1, -0.05) is 12.1 Å². The van der Waals surface area contributed by atoms with E-state index in [1.54, 1.807) is 0 Å². The first-order valence-corrected chi connectivity index (χ1v) is 5.14. The summed E-state index contributed by atoms with van der Waals surface area (Å²) in [7, 11) is 0. The van der Waals surface area contributed by atoms with Crippen molar-refractivity contribution in [3.63, 3.8) is 0 Å². The molecule has 2 N–H and O–H groups in total. The van der Waals surface area contributed by atoms with E-state index in [0.717, 1.165) is 0 Å². The summed E-state index contributed by atoms with van der Waals surface area (Å²) in [5, 5.41) is 17.6. The Balaban J connectivity index is 2.64. The first-order valence-electron chi connectivity index (χ1n) is 5.14. The number of carbonyl (C=O) groups is 2. The lowest BCUT2D eigenvalue weighted by atomic mass is 10.1. The highest BCUT2D eigenvalue weighted by molar-refractivity contribution is 5.98. The van der Waals surface area contributed by atoms with Crippen molar-refractivity contribution < 1.29 is 28.6 Å². The standard InChI is InChI=1S/C12H8FNO5/c1-5-3-2-4-6(7(5)13)10-14-8(11(15)16)9(19-10)12(17)18/h2-4H,1H3,(H,15,16)(H,17,18). The van der Waals surface area contributed by atoms with E-state index >= 15 is 0 Å². The molecule has 0 atom stereocenters. The van der Waals surface area contributed by atoms with E-state index in [9.17, 15) is 14.0 Å². The average Bonchev–Trinajstić information content (AvgIpc) is 2.77. The normalized spacial score (nSPS) is 10.4. The Bertz CT molecular complexity index is 645. The van der Waals surface area contributed by atoms with Crippen molar-refractivity contribution in [2.75, 3.05) is 0 Å². The molecule has 0 fully saturated rings. The van der Waals surface area contributed by atoms with E-state index in [4.69, 9.17) is 14.6 Å². The second kappa shape index (κ2) is 4.52. The summed E-state index contributed by atoms with van der Waals surface area (Å²) in [6, 6.07) is 4.36. The molecule has 98 valence electrons. The molecule has 0 amide bonds. The van der Waals surface area contributed by atoms with Crippen molar-refractivity contribution in [1.82, 2.24) is 4.98 Å². The number of aromatic carboxylic acids is 2. The molecule has 2 aromatic rings. The van der Waals surface area contributed by atoms with E-state index in [0.29, 0.717) is 5.56 Å². The molecule has 19 heavy (non-hydrogen) atoms. The lowest BCUT2D eigenvalue weighted by molar-refractivity contribution is 0.0624. The van der Waals surface area contributed by atoms with Gasteiger partial charge in [0.15, 0.2) is 0 Å². The second-order valence-electron chi connectivity index (χ2n) is 3.74. The van der Waals surface area contributed by atoms with Gasteiger partial charge in [-0.05, 0) is 18.6 Å². The molecule has 0 aliphatic carbocycles. The summed E-state index contributed by atoms with van der Waals surface area (Å²) >= 11 is 0. The number of rotatable bonds is 3. The van der Waals surface area contributed by atoms with Gasteiger partial charge in [-0.25, -0.2) is 19.0 Å². The lowest BCUT2D eigenvalue weighted by Gasteiger charge is -2.00. The molecule has 1 heterocycles. The number of hydrogen-bond acceptors (Lipinski definition) is 4. The molecule has 0 aliphatic heterocycles. The van der Waals surface area contributed by atoms with E-state index in [-0.39, 0.29) is 11.5 Å². The first kappa shape index (κ1) is 12.7. The van der Waals surface area contributed by atoms with Crippen molar-refractivity contribution in [1.29, 1.82) is 0 Å². The molecule has 1 aromatic heterocycles. The Morgan fingerprint density at radius 3 is 2.47 bits per heavy atom. The van der Waals surface area contributed by atoms with Gasteiger partial charge >= 0.3 is 11.9 Å². The summed E-state index contributed by atoms with van der Waals surface area (Å²) in [6.45, 7) is 1.51. The van der Waals surface area contributed by atoms with Crippen LogP contribution in [0.4, 0.5) is 4.39 Å². The molecule has 2 rings (SSSR count). The van der Waals surface area contributed by atoms with Gasteiger partial charge in [-0.3, -0.25) is 0 Å². The van der Waals surface area contributed by atoms with Gasteiger partial charge in [0.25, 0.3) is 0 Å². The molecular weight excluding hydrogens is 257 g/mol. The van der Waals surface area contributed by atoms with Crippen LogP contribution in [0.25, 0.3) is 11.5 Å². The van der Waals surface area contributed by atoms with Crippen molar-refractivity contribution in [3.8, 4) is 11.5 Å². The zero-order valence-corrected chi connectivity index (χ0v) is 9.68. The highest BCUT2D eigenvalue weighted by Crippen LogP contribution is 2.26. The maximum Gasteiger partial charge on any atom is 0.374 e. The van der Waals surface area contributed by atoms with Gasteiger partial charge in [-0.15, -0.1) is 0 Å². The van der Waals surface area contributed by atoms with Crippen LogP contribution in [0.15, 0.2) is 22.6 Å².